The SMILES string of the molecule is COC(=O)NC(=O)CN1CCC(CC(=O)O)CC1. The highest BCUT2D eigenvalue weighted by atomic mass is 16.5. The molecule has 2 N–H and O–H groups in total. The minimum Gasteiger partial charge on any atom is -0.481 e. The Morgan fingerprint density at radius 2 is 1.94 bits per heavy atom. The summed E-state index contributed by atoms with van der Waals surface area (Å²) in [4.78, 5) is 34.6. The summed E-state index contributed by atoms with van der Waals surface area (Å²) in [6, 6.07) is 0. The third-order valence-electron chi connectivity index (χ3n) is 2.96. The summed E-state index contributed by atoms with van der Waals surface area (Å²) in [5, 5.41) is 10.8. The van der Waals surface area contributed by atoms with Crippen molar-refractivity contribution in [2.24, 2.45) is 5.92 Å². The predicted octanol–water partition coefficient (Wildman–Crippen LogP) is 0.0557. The first-order valence-electron chi connectivity index (χ1n) is 5.83. The number of nitrogens with one attached hydrogen (secondary N) is 1. The molecule has 7 heteroatoms. The molecule has 1 fully saturated rings. The van der Waals surface area contributed by atoms with E-state index in [0.717, 1.165) is 12.8 Å². The molecule has 1 rings (SSSR count). The van der Waals surface area contributed by atoms with Gasteiger partial charge in [0, 0.05) is 6.42 Å². The van der Waals surface area contributed by atoms with Crippen molar-refractivity contribution in [1.82, 2.24) is 10.2 Å². The van der Waals surface area contributed by atoms with E-state index in [2.05, 4.69) is 10.1 Å². The number of likely N-dealkylation sites (tertiary alicyclic amines) is 1. The molecule has 1 aliphatic rings. The van der Waals surface area contributed by atoms with Crippen molar-refractivity contribution in [3.63, 3.8) is 0 Å². The number of piperidine rings is 1. The Labute approximate surface area is 105 Å². The van der Waals surface area contributed by atoms with Crippen molar-refractivity contribution in [3.05, 3.63) is 0 Å². The van der Waals surface area contributed by atoms with E-state index in [-0.39, 0.29) is 18.9 Å². The molecule has 7 nitrogen and oxygen atoms in total. The molecular weight excluding hydrogens is 240 g/mol. The van der Waals surface area contributed by atoms with Crippen LogP contribution in [0.1, 0.15) is 19.3 Å². The standard InChI is InChI=1S/C11H18N2O5/c1-18-11(17)12-9(14)7-13-4-2-8(3-5-13)6-10(15)16/h8H,2-7H2,1H3,(H,15,16)(H,12,14,17). The quantitative estimate of drug-likeness (QED) is 0.740. The number of amides is 2. The fraction of sp³-hybridized carbons (Fsp3) is 0.727. The van der Waals surface area contributed by atoms with Crippen molar-refractivity contribution in [2.45, 2.75) is 19.3 Å². The first-order valence-corrected chi connectivity index (χ1v) is 5.83. The molecule has 0 radical (unpaired) electrons. The number of methoxy groups -OCH3 is 1. The monoisotopic (exact) mass is 258 g/mol. The minimum absolute atomic E-state index is 0.134. The molecule has 0 saturated carbocycles. The van der Waals surface area contributed by atoms with E-state index in [0.29, 0.717) is 13.1 Å². The van der Waals surface area contributed by atoms with Crippen molar-refractivity contribution < 1.29 is 24.2 Å². The van der Waals surface area contributed by atoms with Gasteiger partial charge in [-0.1, -0.05) is 0 Å². The first-order chi connectivity index (χ1) is 8.51. The lowest BCUT2D eigenvalue weighted by molar-refractivity contribution is -0.138. The number of rotatable bonds is 4. The van der Waals surface area contributed by atoms with Gasteiger partial charge in [-0.25, -0.2) is 4.79 Å². The number of hydrogen-bond acceptors (Lipinski definition) is 5. The van der Waals surface area contributed by atoms with E-state index < -0.39 is 18.0 Å². The third-order valence-corrected chi connectivity index (χ3v) is 2.96. The summed E-state index contributed by atoms with van der Waals surface area (Å²) in [6.07, 6.45) is 0.943. The van der Waals surface area contributed by atoms with Gasteiger partial charge >= 0.3 is 12.1 Å². The highest BCUT2D eigenvalue weighted by molar-refractivity contribution is 5.92. The molecule has 1 heterocycles. The Bertz CT molecular complexity index is 323. The van der Waals surface area contributed by atoms with Crippen LogP contribution in [0.15, 0.2) is 0 Å². The van der Waals surface area contributed by atoms with Crippen LogP contribution < -0.4 is 5.32 Å². The van der Waals surface area contributed by atoms with Gasteiger partial charge < -0.3 is 9.84 Å². The number of nitrogens with zero attached hydrogens (tertiary/aromatic N) is 1. The van der Waals surface area contributed by atoms with Crippen LogP contribution >= 0.6 is 0 Å². The molecule has 2 amide bonds. The average molecular weight is 258 g/mol. The molecule has 102 valence electrons. The maximum absolute atomic E-state index is 11.4. The lowest BCUT2D eigenvalue weighted by Gasteiger charge is -2.30. The maximum Gasteiger partial charge on any atom is 0.413 e. The number of carboxylic acids is 1. The van der Waals surface area contributed by atoms with Crippen molar-refractivity contribution >= 4 is 18.0 Å². The molecule has 0 bridgehead atoms. The van der Waals surface area contributed by atoms with Crippen LogP contribution in [0.2, 0.25) is 0 Å². The van der Waals surface area contributed by atoms with Gasteiger partial charge in [-0.3, -0.25) is 19.8 Å². The molecule has 0 unspecified atom stereocenters. The highest BCUT2D eigenvalue weighted by Gasteiger charge is 2.22. The molecule has 0 atom stereocenters. The zero-order valence-corrected chi connectivity index (χ0v) is 10.3. The molecule has 0 spiro atoms. The van der Waals surface area contributed by atoms with Crippen LogP contribution in [0.25, 0.3) is 0 Å². The first kappa shape index (κ1) is 14.4. The molecule has 0 aliphatic carbocycles. The average Bonchev–Trinajstić information content (AvgIpc) is 2.30. The van der Waals surface area contributed by atoms with Gasteiger partial charge in [-0.05, 0) is 31.8 Å². The molecule has 0 aromatic heterocycles. The van der Waals surface area contributed by atoms with Crippen LogP contribution in [0.5, 0.6) is 0 Å². The number of aliphatic carboxylic acids is 1. The number of carboxylic acid groups (broad SMARTS) is 1. The molecule has 1 saturated heterocycles. The number of hydrogen-bond donors (Lipinski definition) is 2. The highest BCUT2D eigenvalue weighted by Crippen LogP contribution is 2.19. The number of imide groups is 1. The van der Waals surface area contributed by atoms with Gasteiger partial charge in [0.25, 0.3) is 0 Å². The topological polar surface area (TPSA) is 95.9 Å². The number of carbonyl (C=O) groups is 3. The van der Waals surface area contributed by atoms with Gasteiger partial charge in [-0.15, -0.1) is 0 Å². The maximum atomic E-state index is 11.4. The molecule has 1 aliphatic heterocycles. The van der Waals surface area contributed by atoms with Crippen LogP contribution in [-0.4, -0.2) is 54.7 Å². The zero-order chi connectivity index (χ0) is 13.5. The number of carbonyl (C=O) groups excluding carboxylic acids is 2. The molecular formula is C11H18N2O5. The van der Waals surface area contributed by atoms with Crippen LogP contribution in [0.3, 0.4) is 0 Å². The summed E-state index contributed by atoms with van der Waals surface area (Å²) in [6.45, 7) is 1.48. The van der Waals surface area contributed by atoms with Crippen molar-refractivity contribution in [1.29, 1.82) is 0 Å². The lowest BCUT2D eigenvalue weighted by atomic mass is 9.94. The predicted molar refractivity (Wildman–Crippen MR) is 62.0 cm³/mol. The Hall–Kier alpha value is -1.63. The summed E-state index contributed by atoms with van der Waals surface area (Å²) in [5.41, 5.74) is 0. The fourth-order valence-corrected chi connectivity index (χ4v) is 2.00. The Balaban J connectivity index is 2.24. The van der Waals surface area contributed by atoms with Gasteiger partial charge in [0.1, 0.15) is 0 Å². The van der Waals surface area contributed by atoms with E-state index in [1.54, 1.807) is 0 Å². The van der Waals surface area contributed by atoms with E-state index in [1.165, 1.54) is 7.11 Å². The summed E-state index contributed by atoms with van der Waals surface area (Å²) in [7, 11) is 1.19. The zero-order valence-electron chi connectivity index (χ0n) is 10.3. The fourth-order valence-electron chi connectivity index (χ4n) is 2.00. The normalized spacial score (nSPS) is 17.2. The second-order valence-corrected chi connectivity index (χ2v) is 4.36. The third kappa shape index (κ3) is 5.13. The smallest absolute Gasteiger partial charge is 0.413 e. The second-order valence-electron chi connectivity index (χ2n) is 4.36. The molecule has 0 aromatic carbocycles. The summed E-state index contributed by atoms with van der Waals surface area (Å²) < 4.78 is 4.32. The van der Waals surface area contributed by atoms with Gasteiger partial charge in [0.2, 0.25) is 5.91 Å². The lowest BCUT2D eigenvalue weighted by Crippen LogP contribution is -2.43. The van der Waals surface area contributed by atoms with Crippen molar-refractivity contribution in [2.75, 3.05) is 26.7 Å². The number of ether oxygens (including phenoxy) is 1. The van der Waals surface area contributed by atoms with E-state index in [9.17, 15) is 14.4 Å². The second kappa shape index (κ2) is 6.95. The summed E-state index contributed by atoms with van der Waals surface area (Å²) in [5.74, 6) is -1.00. The van der Waals surface area contributed by atoms with E-state index >= 15 is 0 Å². The molecule has 18 heavy (non-hydrogen) atoms. The summed E-state index contributed by atoms with van der Waals surface area (Å²) >= 11 is 0. The van der Waals surface area contributed by atoms with Crippen LogP contribution in [-0.2, 0) is 14.3 Å². The van der Waals surface area contributed by atoms with Crippen molar-refractivity contribution in [3.8, 4) is 0 Å². The van der Waals surface area contributed by atoms with E-state index in [1.807, 2.05) is 4.90 Å². The van der Waals surface area contributed by atoms with Crippen LogP contribution in [0.4, 0.5) is 4.79 Å². The van der Waals surface area contributed by atoms with Gasteiger partial charge in [-0.2, -0.15) is 0 Å². The Morgan fingerprint density at radius 3 is 2.44 bits per heavy atom. The Kier molecular flexibility index (Phi) is 5.57. The number of alkyl carbamates (subject to hydrolysis) is 1. The van der Waals surface area contributed by atoms with E-state index in [4.69, 9.17) is 5.11 Å². The molecule has 0 aromatic rings. The Morgan fingerprint density at radius 1 is 1.33 bits per heavy atom. The van der Waals surface area contributed by atoms with Crippen LogP contribution in [0, 0.1) is 5.92 Å². The van der Waals surface area contributed by atoms with Gasteiger partial charge in [0.15, 0.2) is 0 Å². The van der Waals surface area contributed by atoms with Gasteiger partial charge in [0.05, 0.1) is 13.7 Å². The minimum atomic E-state index is -0.781. The largest absolute Gasteiger partial charge is 0.481 e.